The Labute approximate surface area is 144 Å². The minimum Gasteiger partial charge on any atom is -0.478 e. The molecular formula is C20H30O4. The molecule has 0 fully saturated rings. The summed E-state index contributed by atoms with van der Waals surface area (Å²) in [5.74, 6) is 0.0238. The van der Waals surface area contributed by atoms with Gasteiger partial charge in [-0.1, -0.05) is 64.7 Å². The number of rotatable bonds is 14. The van der Waals surface area contributed by atoms with Crippen LogP contribution in [0.5, 0.6) is 0 Å². The van der Waals surface area contributed by atoms with Crippen molar-refractivity contribution in [3.63, 3.8) is 0 Å². The number of hydrogen-bond donors (Lipinski definition) is 1. The molecule has 1 aromatic rings. The molecule has 0 radical (unpaired) electrons. The molecule has 1 rings (SSSR count). The van der Waals surface area contributed by atoms with Crippen LogP contribution in [-0.2, 0) is 16.0 Å². The highest BCUT2D eigenvalue weighted by Crippen LogP contribution is 2.16. The van der Waals surface area contributed by atoms with E-state index in [0.717, 1.165) is 18.6 Å². The lowest BCUT2D eigenvalue weighted by molar-refractivity contribution is -0.133. The fourth-order valence-electron chi connectivity index (χ4n) is 2.69. The molecule has 0 atom stereocenters. The van der Waals surface area contributed by atoms with E-state index in [0.29, 0.717) is 12.0 Å². The van der Waals surface area contributed by atoms with Gasteiger partial charge in [0.2, 0.25) is 0 Å². The van der Waals surface area contributed by atoms with Crippen molar-refractivity contribution in [3.8, 4) is 0 Å². The fourth-order valence-corrected chi connectivity index (χ4v) is 2.69. The van der Waals surface area contributed by atoms with E-state index in [1.54, 1.807) is 6.07 Å². The highest BCUT2D eigenvalue weighted by atomic mass is 16.4. The molecule has 0 aliphatic heterocycles. The van der Waals surface area contributed by atoms with E-state index < -0.39 is 5.97 Å². The standard InChI is InChI=1S/C20H30O4/c1-2-3-4-5-6-7-8-9-10-11-12-18-13-14-19(24-18)15-17(16-21)20(22)23/h13-16H,2-12H2,1H3,(H,22,23)/b17-15-. The lowest BCUT2D eigenvalue weighted by atomic mass is 10.1. The number of carboxylic acid groups (broad SMARTS) is 1. The van der Waals surface area contributed by atoms with Gasteiger partial charge in [0.05, 0.1) is 0 Å². The first kappa shape index (κ1) is 20.2. The number of carbonyl (C=O) groups is 2. The Balaban J connectivity index is 2.14. The minimum atomic E-state index is -1.24. The van der Waals surface area contributed by atoms with Crippen LogP contribution in [0.4, 0.5) is 0 Å². The predicted octanol–water partition coefficient (Wildman–Crippen LogP) is 5.41. The van der Waals surface area contributed by atoms with Crippen LogP contribution in [0.2, 0.25) is 0 Å². The van der Waals surface area contributed by atoms with Crippen molar-refractivity contribution in [1.29, 1.82) is 0 Å². The number of hydrogen-bond acceptors (Lipinski definition) is 3. The summed E-state index contributed by atoms with van der Waals surface area (Å²) < 4.78 is 5.55. The van der Waals surface area contributed by atoms with Gasteiger partial charge in [-0.2, -0.15) is 0 Å². The number of aldehydes is 1. The summed E-state index contributed by atoms with van der Waals surface area (Å²) in [7, 11) is 0. The van der Waals surface area contributed by atoms with Crippen molar-refractivity contribution in [2.75, 3.05) is 0 Å². The molecule has 134 valence electrons. The second-order valence-electron chi connectivity index (χ2n) is 6.26. The van der Waals surface area contributed by atoms with Gasteiger partial charge in [-0.05, 0) is 24.6 Å². The molecule has 0 aliphatic rings. The molecule has 0 bridgehead atoms. The molecule has 0 saturated carbocycles. The van der Waals surface area contributed by atoms with E-state index in [-0.39, 0.29) is 5.57 Å². The predicted molar refractivity (Wildman–Crippen MR) is 95.9 cm³/mol. The molecule has 0 unspecified atom stereocenters. The van der Waals surface area contributed by atoms with Gasteiger partial charge in [0, 0.05) is 6.42 Å². The van der Waals surface area contributed by atoms with Crippen LogP contribution in [0.25, 0.3) is 6.08 Å². The summed E-state index contributed by atoms with van der Waals surface area (Å²) in [6.45, 7) is 2.24. The SMILES string of the molecule is CCCCCCCCCCCCc1ccc(/C=C(/C=O)C(=O)O)o1. The lowest BCUT2D eigenvalue weighted by Gasteiger charge is -2.01. The number of furan rings is 1. The number of aryl methyl sites for hydroxylation is 1. The molecule has 1 heterocycles. The molecular weight excluding hydrogens is 304 g/mol. The van der Waals surface area contributed by atoms with Crippen molar-refractivity contribution >= 4 is 18.3 Å². The van der Waals surface area contributed by atoms with Crippen LogP contribution in [0.1, 0.15) is 82.7 Å². The molecule has 0 aromatic carbocycles. The van der Waals surface area contributed by atoms with Gasteiger partial charge in [0.15, 0.2) is 6.29 Å². The Morgan fingerprint density at radius 2 is 1.58 bits per heavy atom. The second-order valence-corrected chi connectivity index (χ2v) is 6.26. The van der Waals surface area contributed by atoms with E-state index >= 15 is 0 Å². The molecule has 0 saturated heterocycles. The first-order valence-electron chi connectivity index (χ1n) is 9.16. The Morgan fingerprint density at radius 1 is 1.00 bits per heavy atom. The number of carbonyl (C=O) groups excluding carboxylic acids is 1. The Morgan fingerprint density at radius 3 is 2.12 bits per heavy atom. The average Bonchev–Trinajstić information content (AvgIpc) is 3.01. The normalized spacial score (nSPS) is 11.6. The Hall–Kier alpha value is -1.84. The van der Waals surface area contributed by atoms with Gasteiger partial charge in [-0.3, -0.25) is 4.79 Å². The molecule has 1 N–H and O–H groups in total. The summed E-state index contributed by atoms with van der Waals surface area (Å²) in [5, 5.41) is 8.80. The zero-order valence-corrected chi connectivity index (χ0v) is 14.8. The van der Waals surface area contributed by atoms with Crippen molar-refractivity contribution < 1.29 is 19.1 Å². The van der Waals surface area contributed by atoms with Crippen LogP contribution in [-0.4, -0.2) is 17.4 Å². The van der Waals surface area contributed by atoms with E-state index in [2.05, 4.69) is 6.92 Å². The highest BCUT2D eigenvalue weighted by molar-refractivity contribution is 6.10. The van der Waals surface area contributed by atoms with Gasteiger partial charge in [-0.15, -0.1) is 0 Å². The summed E-state index contributed by atoms with van der Waals surface area (Å²) in [5.41, 5.74) is -0.296. The topological polar surface area (TPSA) is 67.5 Å². The zero-order chi connectivity index (χ0) is 17.6. The van der Waals surface area contributed by atoms with E-state index in [4.69, 9.17) is 9.52 Å². The summed E-state index contributed by atoms with van der Waals surface area (Å²) in [4.78, 5) is 21.4. The molecule has 4 nitrogen and oxygen atoms in total. The van der Waals surface area contributed by atoms with Crippen LogP contribution < -0.4 is 0 Å². The largest absolute Gasteiger partial charge is 0.478 e. The smallest absolute Gasteiger partial charge is 0.339 e. The van der Waals surface area contributed by atoms with Crippen LogP contribution in [0, 0.1) is 0 Å². The third-order valence-electron chi connectivity index (χ3n) is 4.13. The Kier molecular flexibility index (Phi) is 10.6. The lowest BCUT2D eigenvalue weighted by Crippen LogP contribution is -2.00. The molecule has 0 aliphatic carbocycles. The highest BCUT2D eigenvalue weighted by Gasteiger charge is 2.07. The molecule has 4 heteroatoms. The Bertz CT molecular complexity index is 513. The second kappa shape index (κ2) is 12.6. The fraction of sp³-hybridized carbons (Fsp3) is 0.600. The number of carboxylic acids is 1. The van der Waals surface area contributed by atoms with Crippen LogP contribution in [0.3, 0.4) is 0 Å². The number of aliphatic carboxylic acids is 1. The number of unbranched alkanes of at least 4 members (excludes halogenated alkanes) is 9. The van der Waals surface area contributed by atoms with Gasteiger partial charge < -0.3 is 9.52 Å². The molecule has 1 aromatic heterocycles. The summed E-state index contributed by atoms with van der Waals surface area (Å²) in [6.07, 6.45) is 15.4. The van der Waals surface area contributed by atoms with Crippen molar-refractivity contribution in [3.05, 3.63) is 29.2 Å². The monoisotopic (exact) mass is 334 g/mol. The third kappa shape index (κ3) is 8.70. The van der Waals surface area contributed by atoms with Gasteiger partial charge in [0.1, 0.15) is 17.1 Å². The van der Waals surface area contributed by atoms with Gasteiger partial charge in [-0.25, -0.2) is 4.79 Å². The first-order chi connectivity index (χ1) is 11.7. The van der Waals surface area contributed by atoms with Crippen molar-refractivity contribution in [1.82, 2.24) is 0 Å². The molecule has 24 heavy (non-hydrogen) atoms. The maximum atomic E-state index is 10.8. The van der Waals surface area contributed by atoms with E-state index in [9.17, 15) is 9.59 Å². The third-order valence-corrected chi connectivity index (χ3v) is 4.13. The summed E-state index contributed by atoms with van der Waals surface area (Å²) >= 11 is 0. The maximum Gasteiger partial charge on any atom is 0.339 e. The zero-order valence-electron chi connectivity index (χ0n) is 14.8. The average molecular weight is 334 g/mol. The summed E-state index contributed by atoms with van der Waals surface area (Å²) in [6, 6.07) is 3.56. The van der Waals surface area contributed by atoms with E-state index in [1.807, 2.05) is 6.07 Å². The molecule has 0 amide bonds. The van der Waals surface area contributed by atoms with E-state index in [1.165, 1.54) is 63.9 Å². The van der Waals surface area contributed by atoms with Gasteiger partial charge >= 0.3 is 5.97 Å². The van der Waals surface area contributed by atoms with Crippen LogP contribution in [0.15, 0.2) is 22.1 Å². The van der Waals surface area contributed by atoms with Crippen LogP contribution >= 0.6 is 0 Å². The maximum absolute atomic E-state index is 10.8. The minimum absolute atomic E-state index is 0.296. The quantitative estimate of drug-likeness (QED) is 0.162. The van der Waals surface area contributed by atoms with Crippen molar-refractivity contribution in [2.45, 2.75) is 77.6 Å². The van der Waals surface area contributed by atoms with Crippen molar-refractivity contribution in [2.24, 2.45) is 0 Å². The van der Waals surface area contributed by atoms with Gasteiger partial charge in [0.25, 0.3) is 0 Å². The molecule has 0 spiro atoms. The first-order valence-corrected chi connectivity index (χ1v) is 9.16.